The van der Waals surface area contributed by atoms with Crippen LogP contribution in [0.15, 0.2) is 29.0 Å². The fourth-order valence-electron chi connectivity index (χ4n) is 2.00. The van der Waals surface area contributed by atoms with Crippen molar-refractivity contribution in [3.8, 4) is 0 Å². The zero-order chi connectivity index (χ0) is 13.0. The van der Waals surface area contributed by atoms with E-state index in [1.807, 2.05) is 0 Å². The maximum Gasteiger partial charge on any atom is 0.265 e. The van der Waals surface area contributed by atoms with Crippen LogP contribution in [0.1, 0.15) is 19.3 Å². The van der Waals surface area contributed by atoms with Gasteiger partial charge in [-0.1, -0.05) is 6.08 Å². The monoisotopic (exact) mass is 250 g/mol. The Bertz CT molecular complexity index is 404. The summed E-state index contributed by atoms with van der Waals surface area (Å²) in [6.07, 6.45) is 7.58. The van der Waals surface area contributed by atoms with Crippen LogP contribution < -0.4 is 5.43 Å². The molecule has 0 aromatic heterocycles. The molecule has 0 amide bonds. The lowest BCUT2D eigenvalue weighted by Gasteiger charge is -2.23. The number of allylic oxidation sites excluding steroid dienone is 1. The first-order chi connectivity index (χ1) is 8.65. The highest BCUT2D eigenvalue weighted by atomic mass is 16.6. The van der Waals surface area contributed by atoms with E-state index >= 15 is 0 Å². The third-order valence-electron chi connectivity index (χ3n) is 3.24. The van der Waals surface area contributed by atoms with Crippen LogP contribution in [0.5, 0.6) is 0 Å². The van der Waals surface area contributed by atoms with E-state index in [1.165, 1.54) is 11.8 Å². The summed E-state index contributed by atoms with van der Waals surface area (Å²) in [6.45, 7) is 2.10. The molecule has 1 aliphatic heterocycles. The third-order valence-corrected chi connectivity index (χ3v) is 3.24. The molecule has 18 heavy (non-hydrogen) atoms. The summed E-state index contributed by atoms with van der Waals surface area (Å²) in [4.78, 5) is 12.4. The lowest BCUT2D eigenvalue weighted by atomic mass is 10.1. The highest BCUT2D eigenvalue weighted by molar-refractivity contribution is 5.85. The minimum atomic E-state index is -0.365. The van der Waals surface area contributed by atoms with E-state index in [0.717, 1.165) is 25.9 Å². The molecule has 1 saturated heterocycles. The predicted molar refractivity (Wildman–Crippen MR) is 69.9 cm³/mol. The summed E-state index contributed by atoms with van der Waals surface area (Å²) >= 11 is 0. The number of hydrazone groups is 1. The molecule has 2 rings (SSSR count). The van der Waals surface area contributed by atoms with Crippen molar-refractivity contribution in [3.05, 3.63) is 34.0 Å². The Hall–Kier alpha value is -1.69. The van der Waals surface area contributed by atoms with Crippen LogP contribution in [0.25, 0.3) is 0 Å². The Kier molecular flexibility index (Phi) is 4.09. The van der Waals surface area contributed by atoms with E-state index in [1.54, 1.807) is 12.2 Å². The van der Waals surface area contributed by atoms with Crippen LogP contribution in [0.4, 0.5) is 0 Å². The molecular weight excluding hydrogens is 232 g/mol. The lowest BCUT2D eigenvalue weighted by molar-refractivity contribution is -0.419. The van der Waals surface area contributed by atoms with Gasteiger partial charge in [-0.05, 0) is 19.5 Å². The summed E-state index contributed by atoms with van der Waals surface area (Å²) in [6, 6.07) is 0.0702. The molecule has 1 atom stereocenters. The van der Waals surface area contributed by atoms with Gasteiger partial charge in [-0.2, -0.15) is 5.10 Å². The van der Waals surface area contributed by atoms with Crippen molar-refractivity contribution >= 4 is 5.71 Å². The Balaban J connectivity index is 1.81. The summed E-state index contributed by atoms with van der Waals surface area (Å²) in [5.41, 5.74) is 4.43. The number of hydrogen-bond acceptors (Lipinski definition) is 5. The Labute approximate surface area is 106 Å². The standard InChI is InChI=1S/C12H18N4O2/c1-15-8-6-11(7-9-15)14-13-10-2-4-12(5-3-10)16(17)18/h2,4-5,10,13H,3,6-9H2,1H3/t10-/m0/s1. The molecule has 0 radical (unpaired) electrons. The van der Waals surface area contributed by atoms with Crippen molar-refractivity contribution in [3.63, 3.8) is 0 Å². The minimum absolute atomic E-state index is 0.0702. The Morgan fingerprint density at radius 2 is 2.22 bits per heavy atom. The largest absolute Gasteiger partial charge is 0.306 e. The number of piperidine rings is 1. The molecule has 0 aromatic carbocycles. The van der Waals surface area contributed by atoms with E-state index in [0.29, 0.717) is 6.42 Å². The summed E-state index contributed by atoms with van der Waals surface area (Å²) in [7, 11) is 2.11. The molecule has 0 spiro atoms. The number of nitrogens with zero attached hydrogens (tertiary/aromatic N) is 3. The van der Waals surface area contributed by atoms with Crippen molar-refractivity contribution < 1.29 is 4.92 Å². The van der Waals surface area contributed by atoms with Gasteiger partial charge >= 0.3 is 0 Å². The van der Waals surface area contributed by atoms with Crippen molar-refractivity contribution in [2.75, 3.05) is 20.1 Å². The molecular formula is C12H18N4O2. The predicted octanol–water partition coefficient (Wildman–Crippen LogP) is 1.15. The van der Waals surface area contributed by atoms with Crippen LogP contribution in [-0.4, -0.2) is 41.7 Å². The van der Waals surface area contributed by atoms with Gasteiger partial charge in [-0.15, -0.1) is 0 Å². The second kappa shape index (κ2) is 5.77. The highest BCUT2D eigenvalue weighted by Crippen LogP contribution is 2.11. The van der Waals surface area contributed by atoms with Gasteiger partial charge in [0.25, 0.3) is 5.70 Å². The molecule has 0 saturated carbocycles. The Morgan fingerprint density at radius 3 is 2.78 bits per heavy atom. The number of rotatable bonds is 3. The fraction of sp³-hybridized carbons (Fsp3) is 0.583. The molecule has 2 aliphatic rings. The van der Waals surface area contributed by atoms with E-state index in [9.17, 15) is 10.1 Å². The van der Waals surface area contributed by atoms with E-state index in [2.05, 4.69) is 22.5 Å². The zero-order valence-corrected chi connectivity index (χ0v) is 10.5. The first-order valence-electron chi connectivity index (χ1n) is 6.17. The van der Waals surface area contributed by atoms with Gasteiger partial charge < -0.3 is 10.3 Å². The number of nitrogens with one attached hydrogen (secondary N) is 1. The lowest BCUT2D eigenvalue weighted by Crippen LogP contribution is -2.32. The van der Waals surface area contributed by atoms with E-state index < -0.39 is 0 Å². The fourth-order valence-corrected chi connectivity index (χ4v) is 2.00. The topological polar surface area (TPSA) is 70.8 Å². The highest BCUT2D eigenvalue weighted by Gasteiger charge is 2.15. The smallest absolute Gasteiger partial charge is 0.265 e. The summed E-state index contributed by atoms with van der Waals surface area (Å²) in [5, 5.41) is 14.9. The molecule has 0 aromatic rings. The maximum atomic E-state index is 10.5. The van der Waals surface area contributed by atoms with Crippen LogP contribution >= 0.6 is 0 Å². The molecule has 0 bridgehead atoms. The molecule has 1 N–H and O–H groups in total. The van der Waals surface area contributed by atoms with Crippen molar-refractivity contribution in [2.24, 2.45) is 5.10 Å². The van der Waals surface area contributed by atoms with Gasteiger partial charge in [0.2, 0.25) is 0 Å². The van der Waals surface area contributed by atoms with E-state index in [-0.39, 0.29) is 16.7 Å². The molecule has 0 unspecified atom stereocenters. The second-order valence-corrected chi connectivity index (χ2v) is 4.70. The maximum absolute atomic E-state index is 10.5. The number of hydrogen-bond donors (Lipinski definition) is 1. The molecule has 98 valence electrons. The van der Waals surface area contributed by atoms with Crippen LogP contribution in [-0.2, 0) is 0 Å². The van der Waals surface area contributed by atoms with Gasteiger partial charge in [-0.3, -0.25) is 10.1 Å². The molecule has 6 nitrogen and oxygen atoms in total. The first-order valence-corrected chi connectivity index (χ1v) is 6.17. The van der Waals surface area contributed by atoms with Gasteiger partial charge in [-0.25, -0.2) is 0 Å². The third kappa shape index (κ3) is 3.40. The zero-order valence-electron chi connectivity index (χ0n) is 10.5. The minimum Gasteiger partial charge on any atom is -0.306 e. The molecule has 1 fully saturated rings. The van der Waals surface area contributed by atoms with Gasteiger partial charge in [0.15, 0.2) is 0 Å². The second-order valence-electron chi connectivity index (χ2n) is 4.70. The van der Waals surface area contributed by atoms with E-state index in [4.69, 9.17) is 0 Å². The average molecular weight is 250 g/mol. The van der Waals surface area contributed by atoms with Crippen molar-refractivity contribution in [2.45, 2.75) is 25.3 Å². The SMILES string of the molecule is CN1CCC(=NN[C@H]2C=CC([N+](=O)[O-])=CC2)CC1. The number of likely N-dealkylation sites (tertiary alicyclic amines) is 1. The van der Waals surface area contributed by atoms with Crippen molar-refractivity contribution in [1.82, 2.24) is 10.3 Å². The Morgan fingerprint density at radius 1 is 1.50 bits per heavy atom. The quantitative estimate of drug-likeness (QED) is 0.602. The summed E-state index contributed by atoms with van der Waals surface area (Å²) < 4.78 is 0. The summed E-state index contributed by atoms with van der Waals surface area (Å²) in [5.74, 6) is 0. The van der Waals surface area contributed by atoms with Crippen LogP contribution in [0.2, 0.25) is 0 Å². The van der Waals surface area contributed by atoms with Gasteiger partial charge in [0, 0.05) is 37.7 Å². The number of nitro groups is 1. The molecule has 1 aliphatic carbocycles. The van der Waals surface area contributed by atoms with Crippen LogP contribution in [0.3, 0.4) is 0 Å². The van der Waals surface area contributed by atoms with Crippen LogP contribution in [0, 0.1) is 10.1 Å². The molecule has 1 heterocycles. The first kappa shape index (κ1) is 12.8. The van der Waals surface area contributed by atoms with Gasteiger partial charge in [0.1, 0.15) is 0 Å². The normalized spacial score (nSPS) is 24.6. The van der Waals surface area contributed by atoms with Crippen molar-refractivity contribution in [1.29, 1.82) is 0 Å². The average Bonchev–Trinajstić information content (AvgIpc) is 2.38. The van der Waals surface area contributed by atoms with Gasteiger partial charge in [0.05, 0.1) is 11.0 Å². The molecule has 6 heteroatoms.